The van der Waals surface area contributed by atoms with Gasteiger partial charge in [-0.05, 0) is 4.53 Å². The van der Waals surface area contributed by atoms with E-state index in [1.807, 2.05) is 0 Å². The van der Waals surface area contributed by atoms with Crippen LogP contribution in [0.4, 0.5) is 57.2 Å². The molecule has 0 aromatic heterocycles. The molecule has 0 amide bonds. The van der Waals surface area contributed by atoms with Gasteiger partial charge in [-0.1, -0.05) is 0 Å². The molecule has 0 spiro atoms. The Bertz CT molecular complexity index is 198. The van der Waals surface area contributed by atoms with E-state index in [-0.39, 0.29) is 0 Å². The smallest absolute Gasteiger partial charge is 0.255 e. The Morgan fingerprint density at radius 1 is 0.762 bits per heavy atom. The number of hydrogen-bond donors (Lipinski definition) is 0. The van der Waals surface area contributed by atoms with Crippen molar-refractivity contribution in [2.75, 3.05) is 27.4 Å². The van der Waals surface area contributed by atoms with E-state index in [1.165, 1.54) is 0 Å². The monoisotopic (exact) mass is 356 g/mol. The Morgan fingerprint density at radius 2 is 1.05 bits per heavy atom. The summed E-state index contributed by atoms with van der Waals surface area (Å²) in [4.78, 5) is 2.28. The van der Waals surface area contributed by atoms with Crippen molar-refractivity contribution < 1.29 is 62.2 Å². The van der Waals surface area contributed by atoms with E-state index < -0.39 is 38.5 Å². The summed E-state index contributed by atoms with van der Waals surface area (Å²) in [6, 6.07) is 0. The van der Waals surface area contributed by atoms with Gasteiger partial charge in [-0.15, -0.1) is 0 Å². The first-order chi connectivity index (χ1) is 9.29. The third-order valence-corrected chi connectivity index (χ3v) is 0.801. The zero-order chi connectivity index (χ0) is 18.3. The Kier molecular flexibility index (Phi) is 18.8. The molecule has 14 heteroatoms. The minimum absolute atomic E-state index is 0.500. The molecule has 21 heavy (non-hydrogen) atoms. The van der Waals surface area contributed by atoms with Gasteiger partial charge in [0, 0.05) is 0 Å². The van der Waals surface area contributed by atoms with Crippen molar-refractivity contribution in [3.8, 4) is 0 Å². The highest BCUT2D eigenvalue weighted by atomic mass is 19.4. The second-order valence-electron chi connectivity index (χ2n) is 2.31. The summed E-state index contributed by atoms with van der Waals surface area (Å²) >= 11 is 0. The lowest BCUT2D eigenvalue weighted by Gasteiger charge is -2.14. The molecule has 0 N–H and O–H groups in total. The second kappa shape index (κ2) is 14.0. The normalized spacial score (nSPS) is 11.1. The largest absolute Gasteiger partial charge is 0.456 e. The zero-order valence-electron chi connectivity index (χ0n) is 9.94. The molecule has 0 unspecified atom stereocenters. The van der Waals surface area contributed by atoms with E-state index in [9.17, 15) is 57.2 Å². The number of rotatable bonds is 2. The number of alkyl halides is 12. The SMILES string of the molecule is CF.FCC(F)(F)C(F)(F)F.FCF.FOCC(F)(F)F. The predicted molar refractivity (Wildman–Crippen MR) is 44.2 cm³/mol. The van der Waals surface area contributed by atoms with Crippen molar-refractivity contribution in [2.45, 2.75) is 18.3 Å². The molecule has 0 rings (SSSR count). The summed E-state index contributed by atoms with van der Waals surface area (Å²) in [5, 5.41) is 0. The predicted octanol–water partition coefficient (Wildman–Crippen LogP) is 5.07. The van der Waals surface area contributed by atoms with Gasteiger partial charge in [-0.2, -0.15) is 40.1 Å². The lowest BCUT2D eigenvalue weighted by Crippen LogP contribution is -2.38. The van der Waals surface area contributed by atoms with E-state index >= 15 is 0 Å². The van der Waals surface area contributed by atoms with Crippen LogP contribution in [-0.4, -0.2) is 45.7 Å². The first kappa shape index (κ1) is 28.2. The standard InChI is InChI=1S/C3H2F6.C2H2F4O.CH2F2.CH3F/c4-1-2(5,6)3(7,8)9;3-2(4,5)1-7-6;2-1-3;1-2/h1H2;1H2;1H2;1H3. The highest BCUT2D eigenvalue weighted by Gasteiger charge is 2.57. The molecular formula is C7H9F13O. The van der Waals surface area contributed by atoms with Gasteiger partial charge in [0.15, 0.2) is 13.3 Å². The molecule has 0 aliphatic rings. The first-order valence-electron chi connectivity index (χ1n) is 4.09. The Balaban J connectivity index is -0.000000107. The van der Waals surface area contributed by atoms with E-state index in [0.29, 0.717) is 7.18 Å². The third-order valence-electron chi connectivity index (χ3n) is 0.801. The maximum absolute atomic E-state index is 11.2. The van der Waals surface area contributed by atoms with Crippen LogP contribution < -0.4 is 0 Å². The summed E-state index contributed by atoms with van der Waals surface area (Å²) in [5.74, 6) is -5.19. The van der Waals surface area contributed by atoms with Crippen molar-refractivity contribution in [3.05, 3.63) is 0 Å². The highest BCUT2D eigenvalue weighted by molar-refractivity contribution is 4.73. The number of hydrogen-bond acceptors (Lipinski definition) is 1. The quantitative estimate of drug-likeness (QED) is 0.628. The van der Waals surface area contributed by atoms with Gasteiger partial charge in [0.25, 0.3) is 0 Å². The minimum Gasteiger partial charge on any atom is -0.255 e. The van der Waals surface area contributed by atoms with Crippen LogP contribution >= 0.6 is 0 Å². The van der Waals surface area contributed by atoms with E-state index in [2.05, 4.69) is 4.94 Å². The average Bonchev–Trinajstić information content (AvgIpc) is 2.30. The summed E-state index contributed by atoms with van der Waals surface area (Å²) in [6.07, 6.45) is -10.3. The fourth-order valence-corrected chi connectivity index (χ4v) is 0.138. The molecule has 0 saturated heterocycles. The topological polar surface area (TPSA) is 9.23 Å². The van der Waals surface area contributed by atoms with Crippen molar-refractivity contribution in [1.29, 1.82) is 0 Å². The van der Waals surface area contributed by atoms with Gasteiger partial charge >= 0.3 is 18.3 Å². The molecule has 0 radical (unpaired) electrons. The molecular weight excluding hydrogens is 347 g/mol. The Hall–Kier alpha value is -0.950. The van der Waals surface area contributed by atoms with Crippen LogP contribution in [-0.2, 0) is 4.94 Å². The van der Waals surface area contributed by atoms with E-state index in [4.69, 9.17) is 0 Å². The van der Waals surface area contributed by atoms with Crippen molar-refractivity contribution >= 4 is 0 Å². The molecule has 1 nitrogen and oxygen atoms in total. The van der Waals surface area contributed by atoms with Gasteiger partial charge in [0.05, 0.1) is 7.18 Å². The van der Waals surface area contributed by atoms with Crippen molar-refractivity contribution in [1.82, 2.24) is 0 Å². The molecule has 0 aromatic rings. The lowest BCUT2D eigenvalue weighted by molar-refractivity contribution is -0.286. The summed E-state index contributed by atoms with van der Waals surface area (Å²) in [6.45, 7) is -6.27. The summed E-state index contributed by atoms with van der Waals surface area (Å²) in [7, 11) is 0.500. The summed E-state index contributed by atoms with van der Waals surface area (Å²) in [5.41, 5.74) is 0. The fourth-order valence-electron chi connectivity index (χ4n) is 0.138. The fraction of sp³-hybridized carbons (Fsp3) is 1.00. The van der Waals surface area contributed by atoms with Gasteiger partial charge in [0.1, 0.15) is 0 Å². The highest BCUT2D eigenvalue weighted by Crippen LogP contribution is 2.35. The van der Waals surface area contributed by atoms with Crippen molar-refractivity contribution in [3.63, 3.8) is 0 Å². The maximum atomic E-state index is 11.2. The lowest BCUT2D eigenvalue weighted by atomic mass is 10.4. The molecule has 0 aliphatic heterocycles. The number of halogens is 13. The van der Waals surface area contributed by atoms with Crippen LogP contribution in [0.1, 0.15) is 0 Å². The van der Waals surface area contributed by atoms with Crippen LogP contribution in [0.15, 0.2) is 0 Å². The van der Waals surface area contributed by atoms with Crippen LogP contribution in [0, 0.1) is 0 Å². The molecule has 0 saturated carbocycles. The van der Waals surface area contributed by atoms with Crippen LogP contribution in [0.5, 0.6) is 0 Å². The first-order valence-corrected chi connectivity index (χ1v) is 4.09. The molecule has 0 heterocycles. The molecule has 134 valence electrons. The van der Waals surface area contributed by atoms with E-state index in [0.717, 1.165) is 0 Å². The van der Waals surface area contributed by atoms with Crippen LogP contribution in [0.2, 0.25) is 0 Å². The van der Waals surface area contributed by atoms with Crippen LogP contribution in [0.3, 0.4) is 0 Å². The molecule has 0 fully saturated rings. The Labute approximate surface area is 109 Å². The summed E-state index contributed by atoms with van der Waals surface area (Å²) < 4.78 is 137. The zero-order valence-corrected chi connectivity index (χ0v) is 9.94. The van der Waals surface area contributed by atoms with Crippen molar-refractivity contribution in [2.24, 2.45) is 0 Å². The molecule has 0 bridgehead atoms. The van der Waals surface area contributed by atoms with Crippen LogP contribution in [0.25, 0.3) is 0 Å². The minimum atomic E-state index is -5.76. The van der Waals surface area contributed by atoms with Gasteiger partial charge in [-0.25, -0.2) is 13.2 Å². The molecule has 0 aliphatic carbocycles. The van der Waals surface area contributed by atoms with Gasteiger partial charge < -0.3 is 0 Å². The molecule has 0 atom stereocenters. The molecule has 0 aromatic carbocycles. The van der Waals surface area contributed by atoms with Gasteiger partial charge in [0.2, 0.25) is 6.93 Å². The maximum Gasteiger partial charge on any atom is 0.456 e. The van der Waals surface area contributed by atoms with Gasteiger partial charge in [-0.3, -0.25) is 4.39 Å². The Morgan fingerprint density at radius 3 is 1.05 bits per heavy atom. The third kappa shape index (κ3) is 24.4. The second-order valence-corrected chi connectivity index (χ2v) is 2.31. The van der Waals surface area contributed by atoms with E-state index in [1.54, 1.807) is 0 Å². The average molecular weight is 356 g/mol.